The van der Waals surface area contributed by atoms with Crippen molar-refractivity contribution in [1.29, 1.82) is 0 Å². The molecule has 110 valence electrons. The van der Waals surface area contributed by atoms with E-state index in [1.165, 1.54) is 17.0 Å². The molecule has 0 radical (unpaired) electrons. The van der Waals surface area contributed by atoms with E-state index in [1.807, 2.05) is 18.2 Å². The molecule has 1 atom stereocenters. The van der Waals surface area contributed by atoms with Gasteiger partial charge in [-0.25, -0.2) is 4.39 Å². The van der Waals surface area contributed by atoms with Crippen molar-refractivity contribution < 1.29 is 9.18 Å². The highest BCUT2D eigenvalue weighted by Gasteiger charge is 2.19. The van der Waals surface area contributed by atoms with Gasteiger partial charge in [-0.05, 0) is 23.3 Å². The monoisotopic (exact) mass is 306 g/mol. The van der Waals surface area contributed by atoms with Crippen LogP contribution >= 0.6 is 11.6 Å². The van der Waals surface area contributed by atoms with E-state index in [-0.39, 0.29) is 17.5 Å². The van der Waals surface area contributed by atoms with Crippen molar-refractivity contribution in [1.82, 2.24) is 4.90 Å². The number of carbonyl (C=O) groups excluding carboxylic acids is 1. The molecule has 2 aromatic carbocycles. The molecule has 0 heterocycles. The van der Waals surface area contributed by atoms with E-state index in [2.05, 4.69) is 0 Å². The van der Waals surface area contributed by atoms with Crippen LogP contribution in [0.25, 0.3) is 0 Å². The quantitative estimate of drug-likeness (QED) is 0.943. The Morgan fingerprint density at radius 2 is 1.95 bits per heavy atom. The van der Waals surface area contributed by atoms with Gasteiger partial charge in [-0.3, -0.25) is 4.79 Å². The Balaban J connectivity index is 2.07. The molecule has 1 unspecified atom stereocenters. The van der Waals surface area contributed by atoms with Crippen LogP contribution in [0.4, 0.5) is 4.39 Å². The first-order chi connectivity index (χ1) is 9.99. The lowest BCUT2D eigenvalue weighted by molar-refractivity contribution is -0.131. The number of amides is 1. The first kappa shape index (κ1) is 15.5. The number of halogens is 2. The van der Waals surface area contributed by atoms with Crippen LogP contribution < -0.4 is 5.73 Å². The number of carbonyl (C=O) groups is 1. The summed E-state index contributed by atoms with van der Waals surface area (Å²) in [5.74, 6) is -0.723. The fourth-order valence-corrected chi connectivity index (χ4v) is 2.15. The maximum Gasteiger partial charge on any atom is 0.244 e. The summed E-state index contributed by atoms with van der Waals surface area (Å²) in [6.07, 6.45) is 0. The Morgan fingerprint density at radius 3 is 2.57 bits per heavy atom. The topological polar surface area (TPSA) is 46.3 Å². The van der Waals surface area contributed by atoms with E-state index in [1.54, 1.807) is 25.2 Å². The van der Waals surface area contributed by atoms with E-state index < -0.39 is 11.9 Å². The van der Waals surface area contributed by atoms with Crippen LogP contribution in [0.2, 0.25) is 5.02 Å². The van der Waals surface area contributed by atoms with Crippen molar-refractivity contribution in [2.45, 2.75) is 12.6 Å². The summed E-state index contributed by atoms with van der Waals surface area (Å²) >= 11 is 5.63. The van der Waals surface area contributed by atoms with E-state index in [9.17, 15) is 9.18 Å². The molecule has 0 spiro atoms. The van der Waals surface area contributed by atoms with Gasteiger partial charge in [0.05, 0.1) is 5.02 Å². The minimum atomic E-state index is -0.728. The van der Waals surface area contributed by atoms with Crippen molar-refractivity contribution >= 4 is 17.5 Å². The van der Waals surface area contributed by atoms with Crippen molar-refractivity contribution in [2.24, 2.45) is 5.73 Å². The van der Waals surface area contributed by atoms with E-state index in [4.69, 9.17) is 17.3 Å². The van der Waals surface area contributed by atoms with Crippen molar-refractivity contribution in [3.63, 3.8) is 0 Å². The summed E-state index contributed by atoms with van der Waals surface area (Å²) in [4.78, 5) is 13.8. The predicted octanol–water partition coefficient (Wildman–Crippen LogP) is 3.14. The molecule has 0 aliphatic rings. The summed E-state index contributed by atoms with van der Waals surface area (Å²) in [6, 6.07) is 12.9. The number of benzene rings is 2. The number of rotatable bonds is 4. The van der Waals surface area contributed by atoms with Crippen molar-refractivity contribution in [3.05, 3.63) is 70.5 Å². The highest BCUT2D eigenvalue weighted by molar-refractivity contribution is 6.30. The number of hydrogen-bond donors (Lipinski definition) is 1. The third-order valence-electron chi connectivity index (χ3n) is 3.20. The van der Waals surface area contributed by atoms with Crippen LogP contribution in [-0.2, 0) is 11.3 Å². The molecule has 0 saturated heterocycles. The molecule has 0 aliphatic carbocycles. The maximum atomic E-state index is 13.4. The largest absolute Gasteiger partial charge is 0.340 e. The molecule has 2 rings (SSSR count). The number of hydrogen-bond acceptors (Lipinski definition) is 2. The van der Waals surface area contributed by atoms with Crippen LogP contribution in [0.1, 0.15) is 17.2 Å². The maximum absolute atomic E-state index is 13.4. The van der Waals surface area contributed by atoms with Gasteiger partial charge in [-0.2, -0.15) is 0 Å². The lowest BCUT2D eigenvalue weighted by Gasteiger charge is -2.21. The molecule has 0 aromatic heterocycles. The Morgan fingerprint density at radius 1 is 1.29 bits per heavy atom. The zero-order valence-corrected chi connectivity index (χ0v) is 12.3. The van der Waals surface area contributed by atoms with Gasteiger partial charge in [-0.15, -0.1) is 0 Å². The smallest absolute Gasteiger partial charge is 0.244 e. The Kier molecular flexibility index (Phi) is 4.94. The second-order valence-electron chi connectivity index (χ2n) is 4.83. The molecule has 0 aliphatic heterocycles. The van der Waals surface area contributed by atoms with Gasteiger partial charge in [0.25, 0.3) is 0 Å². The molecular weight excluding hydrogens is 291 g/mol. The third-order valence-corrected chi connectivity index (χ3v) is 3.51. The van der Waals surface area contributed by atoms with Crippen LogP contribution in [-0.4, -0.2) is 17.9 Å². The molecular formula is C16H16ClFN2O. The average molecular weight is 307 g/mol. The van der Waals surface area contributed by atoms with Gasteiger partial charge in [0.2, 0.25) is 5.91 Å². The molecule has 2 N–H and O–H groups in total. The Bertz CT molecular complexity index is 633. The normalized spacial score (nSPS) is 12.0. The van der Waals surface area contributed by atoms with Crippen LogP contribution in [0.3, 0.4) is 0 Å². The van der Waals surface area contributed by atoms with Crippen molar-refractivity contribution in [2.75, 3.05) is 7.05 Å². The predicted molar refractivity (Wildman–Crippen MR) is 81.3 cm³/mol. The van der Waals surface area contributed by atoms with Gasteiger partial charge in [0, 0.05) is 13.6 Å². The summed E-state index contributed by atoms with van der Waals surface area (Å²) in [6.45, 7) is 0.271. The minimum Gasteiger partial charge on any atom is -0.340 e. The van der Waals surface area contributed by atoms with Crippen LogP contribution in [0.15, 0.2) is 48.5 Å². The van der Waals surface area contributed by atoms with Crippen molar-refractivity contribution in [3.8, 4) is 0 Å². The standard InChI is InChI=1S/C16H16ClFN2O/c1-20(10-11-7-8-13(17)14(18)9-11)16(21)15(19)12-5-3-2-4-6-12/h2-9,15H,10,19H2,1H3. The molecule has 5 heteroatoms. The summed E-state index contributed by atoms with van der Waals surface area (Å²) in [5, 5.41) is 0.0636. The first-order valence-electron chi connectivity index (χ1n) is 6.48. The molecule has 21 heavy (non-hydrogen) atoms. The summed E-state index contributed by atoms with van der Waals surface area (Å²) < 4.78 is 13.4. The lowest BCUT2D eigenvalue weighted by atomic mass is 10.1. The fraction of sp³-hybridized carbons (Fsp3) is 0.188. The lowest BCUT2D eigenvalue weighted by Crippen LogP contribution is -2.35. The summed E-state index contributed by atoms with van der Waals surface area (Å²) in [7, 11) is 1.64. The molecule has 2 aromatic rings. The van der Waals surface area contributed by atoms with Gasteiger partial charge in [-0.1, -0.05) is 48.0 Å². The second-order valence-corrected chi connectivity index (χ2v) is 5.24. The number of nitrogens with two attached hydrogens (primary N) is 1. The molecule has 1 amide bonds. The first-order valence-corrected chi connectivity index (χ1v) is 6.86. The van der Waals surface area contributed by atoms with Gasteiger partial charge < -0.3 is 10.6 Å². The Hall–Kier alpha value is -1.91. The highest BCUT2D eigenvalue weighted by Crippen LogP contribution is 2.18. The number of likely N-dealkylation sites (N-methyl/N-ethyl adjacent to an activating group) is 1. The van der Waals surface area contributed by atoms with Gasteiger partial charge in [0.1, 0.15) is 11.9 Å². The molecule has 3 nitrogen and oxygen atoms in total. The molecule has 0 saturated carbocycles. The van der Waals surface area contributed by atoms with Gasteiger partial charge >= 0.3 is 0 Å². The number of nitrogens with zero attached hydrogens (tertiary/aromatic N) is 1. The van der Waals surface area contributed by atoms with Gasteiger partial charge in [0.15, 0.2) is 0 Å². The third kappa shape index (κ3) is 3.80. The van der Waals surface area contributed by atoms with E-state index >= 15 is 0 Å². The van der Waals surface area contributed by atoms with E-state index in [0.717, 1.165) is 5.56 Å². The second kappa shape index (κ2) is 6.70. The Labute approximate surface area is 128 Å². The zero-order valence-electron chi connectivity index (χ0n) is 11.6. The van der Waals surface area contributed by atoms with Crippen LogP contribution in [0, 0.1) is 5.82 Å². The average Bonchev–Trinajstić information content (AvgIpc) is 2.50. The summed E-state index contributed by atoms with van der Waals surface area (Å²) in [5.41, 5.74) is 7.37. The molecule has 0 fully saturated rings. The van der Waals surface area contributed by atoms with E-state index in [0.29, 0.717) is 5.56 Å². The fourth-order valence-electron chi connectivity index (χ4n) is 2.03. The molecule has 0 bridgehead atoms. The zero-order chi connectivity index (χ0) is 15.4. The minimum absolute atomic E-state index is 0.0636. The van der Waals surface area contributed by atoms with Crippen LogP contribution in [0.5, 0.6) is 0 Å². The highest BCUT2D eigenvalue weighted by atomic mass is 35.5. The SMILES string of the molecule is CN(Cc1ccc(Cl)c(F)c1)C(=O)C(N)c1ccccc1.